The van der Waals surface area contributed by atoms with E-state index in [1.807, 2.05) is 0 Å². The summed E-state index contributed by atoms with van der Waals surface area (Å²) in [5.41, 5.74) is 1.07. The summed E-state index contributed by atoms with van der Waals surface area (Å²) in [4.78, 5) is 36.0. The number of aryl methyl sites for hydroxylation is 1. The second kappa shape index (κ2) is 4.92. The van der Waals surface area contributed by atoms with E-state index in [0.717, 1.165) is 16.5 Å². The molecule has 0 aliphatic carbocycles. The number of nitro benzene ring substituents is 1. The quantitative estimate of drug-likeness (QED) is 0.483. The highest BCUT2D eigenvalue weighted by molar-refractivity contribution is 6.35. The minimum atomic E-state index is -0.604. The molecule has 0 unspecified atom stereocenters. The van der Waals surface area contributed by atoms with Crippen molar-refractivity contribution in [1.29, 1.82) is 0 Å². The van der Waals surface area contributed by atoms with Crippen molar-refractivity contribution in [2.45, 2.75) is 6.92 Å². The Hall–Kier alpha value is -2.73. The first-order valence-corrected chi connectivity index (χ1v) is 6.71. The number of anilines is 1. The van der Waals surface area contributed by atoms with E-state index in [-0.39, 0.29) is 16.8 Å². The van der Waals surface area contributed by atoms with Gasteiger partial charge in [0.2, 0.25) is 0 Å². The van der Waals surface area contributed by atoms with Gasteiger partial charge in [-0.3, -0.25) is 19.7 Å². The smallest absolute Gasteiger partial charge is 0.268 e. The number of hydrogen-bond acceptors (Lipinski definition) is 4. The number of carbonyl (C=O) groups excluding carboxylic acids is 2. The SMILES string of the molecule is Cc1cc(N2C(=O)c3ccc([N+](=O)[O-])cc3C2=O)ccc1Cl. The molecular formula is C15H9ClN2O4. The summed E-state index contributed by atoms with van der Waals surface area (Å²) in [6, 6.07) is 8.41. The zero-order valence-electron chi connectivity index (χ0n) is 11.4. The topological polar surface area (TPSA) is 80.5 Å². The van der Waals surface area contributed by atoms with Gasteiger partial charge in [0.25, 0.3) is 17.5 Å². The van der Waals surface area contributed by atoms with E-state index in [2.05, 4.69) is 0 Å². The van der Waals surface area contributed by atoms with Crippen LogP contribution in [-0.2, 0) is 0 Å². The van der Waals surface area contributed by atoms with Crippen LogP contribution < -0.4 is 4.90 Å². The number of benzene rings is 2. The van der Waals surface area contributed by atoms with Crippen LogP contribution in [0.25, 0.3) is 0 Å². The molecule has 7 heteroatoms. The normalized spacial score (nSPS) is 13.5. The molecule has 0 N–H and O–H groups in total. The maximum Gasteiger partial charge on any atom is 0.270 e. The Balaban J connectivity index is 2.09. The van der Waals surface area contributed by atoms with Gasteiger partial charge in [-0.05, 0) is 36.8 Å². The highest BCUT2D eigenvalue weighted by Gasteiger charge is 2.37. The molecule has 1 aliphatic rings. The van der Waals surface area contributed by atoms with Gasteiger partial charge in [-0.1, -0.05) is 11.6 Å². The first-order chi connectivity index (χ1) is 10.4. The molecule has 0 saturated carbocycles. The molecule has 0 aromatic heterocycles. The van der Waals surface area contributed by atoms with Crippen molar-refractivity contribution >= 4 is 34.8 Å². The molecule has 2 aromatic carbocycles. The lowest BCUT2D eigenvalue weighted by Crippen LogP contribution is -2.29. The number of halogens is 1. The maximum atomic E-state index is 12.4. The van der Waals surface area contributed by atoms with Crippen molar-refractivity contribution in [1.82, 2.24) is 0 Å². The summed E-state index contributed by atoms with van der Waals surface area (Å²) >= 11 is 5.94. The van der Waals surface area contributed by atoms with E-state index >= 15 is 0 Å². The number of amides is 2. The highest BCUT2D eigenvalue weighted by Crippen LogP contribution is 2.32. The van der Waals surface area contributed by atoms with E-state index in [0.29, 0.717) is 10.7 Å². The highest BCUT2D eigenvalue weighted by atomic mass is 35.5. The molecule has 2 amide bonds. The molecule has 1 heterocycles. The lowest BCUT2D eigenvalue weighted by Gasteiger charge is -2.14. The molecule has 0 atom stereocenters. The summed E-state index contributed by atoms with van der Waals surface area (Å²) in [7, 11) is 0. The van der Waals surface area contributed by atoms with Gasteiger partial charge < -0.3 is 0 Å². The third-order valence-electron chi connectivity index (χ3n) is 3.48. The van der Waals surface area contributed by atoms with Gasteiger partial charge in [0.1, 0.15) is 0 Å². The fourth-order valence-electron chi connectivity index (χ4n) is 2.34. The Morgan fingerprint density at radius 1 is 1.05 bits per heavy atom. The molecule has 0 spiro atoms. The van der Waals surface area contributed by atoms with Crippen LogP contribution in [0.15, 0.2) is 36.4 Å². The summed E-state index contributed by atoms with van der Waals surface area (Å²) < 4.78 is 0. The average Bonchev–Trinajstić information content (AvgIpc) is 2.73. The van der Waals surface area contributed by atoms with Gasteiger partial charge in [-0.15, -0.1) is 0 Å². The van der Waals surface area contributed by atoms with Crippen molar-refractivity contribution in [3.05, 3.63) is 68.2 Å². The molecule has 110 valence electrons. The molecule has 22 heavy (non-hydrogen) atoms. The monoisotopic (exact) mass is 316 g/mol. The third kappa shape index (κ3) is 2.05. The first-order valence-electron chi connectivity index (χ1n) is 6.33. The Morgan fingerprint density at radius 3 is 2.36 bits per heavy atom. The van der Waals surface area contributed by atoms with E-state index < -0.39 is 16.7 Å². The molecule has 3 rings (SSSR count). The van der Waals surface area contributed by atoms with Crippen LogP contribution in [0, 0.1) is 17.0 Å². The van der Waals surface area contributed by atoms with Crippen molar-refractivity contribution in [3.8, 4) is 0 Å². The van der Waals surface area contributed by atoms with E-state index in [4.69, 9.17) is 11.6 Å². The van der Waals surface area contributed by atoms with Crippen LogP contribution in [0.5, 0.6) is 0 Å². The Kier molecular flexibility index (Phi) is 3.18. The van der Waals surface area contributed by atoms with Gasteiger partial charge in [0.05, 0.1) is 21.7 Å². The van der Waals surface area contributed by atoms with Crippen LogP contribution in [0.4, 0.5) is 11.4 Å². The summed E-state index contributed by atoms with van der Waals surface area (Å²) in [5.74, 6) is -1.08. The van der Waals surface area contributed by atoms with E-state index in [9.17, 15) is 19.7 Å². The van der Waals surface area contributed by atoms with Crippen molar-refractivity contribution in [3.63, 3.8) is 0 Å². The maximum absolute atomic E-state index is 12.4. The zero-order chi connectivity index (χ0) is 16.0. The van der Waals surface area contributed by atoms with Gasteiger partial charge >= 0.3 is 0 Å². The van der Waals surface area contributed by atoms with Gasteiger partial charge in [0, 0.05) is 17.2 Å². The summed E-state index contributed by atoms with van der Waals surface area (Å²) in [5, 5.41) is 11.3. The van der Waals surface area contributed by atoms with Gasteiger partial charge in [-0.25, -0.2) is 4.90 Å². The fourth-order valence-corrected chi connectivity index (χ4v) is 2.46. The van der Waals surface area contributed by atoms with Crippen LogP contribution in [-0.4, -0.2) is 16.7 Å². The lowest BCUT2D eigenvalue weighted by molar-refractivity contribution is -0.384. The second-order valence-corrected chi connectivity index (χ2v) is 5.27. The predicted molar refractivity (Wildman–Crippen MR) is 80.4 cm³/mol. The number of nitro groups is 1. The lowest BCUT2D eigenvalue weighted by atomic mass is 10.1. The van der Waals surface area contributed by atoms with Crippen molar-refractivity contribution in [2.24, 2.45) is 0 Å². The second-order valence-electron chi connectivity index (χ2n) is 4.87. The first kappa shape index (κ1) is 14.2. The zero-order valence-corrected chi connectivity index (χ0v) is 12.1. The standard InChI is InChI=1S/C15H9ClN2O4/c1-8-6-9(3-5-13(8)16)17-14(19)11-4-2-10(18(21)22)7-12(11)15(17)20/h2-7H,1H3. The molecule has 2 aromatic rings. The molecule has 1 aliphatic heterocycles. The van der Waals surface area contributed by atoms with Gasteiger partial charge in [0.15, 0.2) is 0 Å². The predicted octanol–water partition coefficient (Wildman–Crippen LogP) is 3.36. The van der Waals surface area contributed by atoms with Crippen LogP contribution in [0.2, 0.25) is 5.02 Å². The Morgan fingerprint density at radius 2 is 1.73 bits per heavy atom. The number of nitrogens with zero attached hydrogens (tertiary/aromatic N) is 2. The molecular weight excluding hydrogens is 308 g/mol. The number of non-ortho nitro benzene ring substituents is 1. The fraction of sp³-hybridized carbons (Fsp3) is 0.0667. The molecule has 0 bridgehead atoms. The van der Waals surface area contributed by atoms with Crippen LogP contribution >= 0.6 is 11.6 Å². The van der Waals surface area contributed by atoms with Crippen molar-refractivity contribution in [2.75, 3.05) is 4.90 Å². The summed E-state index contributed by atoms with van der Waals surface area (Å²) in [6.07, 6.45) is 0. The number of fused-ring (bicyclic) bond motifs is 1. The Labute approximate surface area is 130 Å². The molecule has 0 radical (unpaired) electrons. The largest absolute Gasteiger partial charge is 0.270 e. The van der Waals surface area contributed by atoms with Crippen LogP contribution in [0.3, 0.4) is 0 Å². The third-order valence-corrected chi connectivity index (χ3v) is 3.90. The number of hydrogen-bond donors (Lipinski definition) is 0. The van der Waals surface area contributed by atoms with Gasteiger partial charge in [-0.2, -0.15) is 0 Å². The molecule has 0 fully saturated rings. The number of rotatable bonds is 2. The average molecular weight is 317 g/mol. The Bertz CT molecular complexity index is 847. The van der Waals surface area contributed by atoms with E-state index in [1.54, 1.807) is 25.1 Å². The van der Waals surface area contributed by atoms with E-state index in [1.165, 1.54) is 12.1 Å². The van der Waals surface area contributed by atoms with Crippen LogP contribution in [0.1, 0.15) is 26.3 Å². The number of imide groups is 1. The van der Waals surface area contributed by atoms with Crippen molar-refractivity contribution < 1.29 is 14.5 Å². The summed E-state index contributed by atoms with van der Waals surface area (Å²) in [6.45, 7) is 1.76. The minimum Gasteiger partial charge on any atom is -0.268 e. The minimum absolute atomic E-state index is 0.0341. The number of carbonyl (C=O) groups is 2. The molecule has 6 nitrogen and oxygen atoms in total. The molecule has 0 saturated heterocycles.